The van der Waals surface area contributed by atoms with E-state index in [9.17, 15) is 22.7 Å². The van der Waals surface area contributed by atoms with E-state index in [1.165, 1.54) is 20.1 Å². The van der Waals surface area contributed by atoms with E-state index in [0.717, 1.165) is 17.8 Å². The van der Waals surface area contributed by atoms with Gasteiger partial charge in [-0.1, -0.05) is 17.7 Å². The van der Waals surface area contributed by atoms with Crippen LogP contribution in [-0.4, -0.2) is 42.2 Å². The number of aryl methyl sites for hydroxylation is 1. The standard InChI is InChI=1S/C23H23ClF4N2O3/c1-4-33-12-22(31,23(26,27)28)21(16-10-14(25)11-17(24)20(16)32-3)30-19-7-5-6-18-15(19)9-8-13(2)29-18/h5-11,21,30-31H,4,12H2,1-3H3. The first kappa shape index (κ1) is 25.0. The molecule has 0 aliphatic rings. The van der Waals surface area contributed by atoms with E-state index in [-0.39, 0.29) is 28.6 Å². The predicted molar refractivity (Wildman–Crippen MR) is 118 cm³/mol. The number of nitrogens with one attached hydrogen (secondary N) is 1. The number of aliphatic hydroxyl groups is 1. The van der Waals surface area contributed by atoms with E-state index >= 15 is 0 Å². The molecule has 0 fully saturated rings. The first-order valence-electron chi connectivity index (χ1n) is 10.0. The number of halogens is 5. The predicted octanol–water partition coefficient (Wildman–Crippen LogP) is 5.83. The average molecular weight is 487 g/mol. The molecule has 0 spiro atoms. The summed E-state index contributed by atoms with van der Waals surface area (Å²) in [6.07, 6.45) is -5.16. The highest BCUT2D eigenvalue weighted by molar-refractivity contribution is 6.32. The fourth-order valence-corrected chi connectivity index (χ4v) is 3.88. The highest BCUT2D eigenvalue weighted by atomic mass is 35.5. The van der Waals surface area contributed by atoms with Gasteiger partial charge in [0.15, 0.2) is 0 Å². The van der Waals surface area contributed by atoms with Gasteiger partial charge in [-0.15, -0.1) is 0 Å². The number of nitrogens with zero attached hydrogens (tertiary/aromatic N) is 1. The Morgan fingerprint density at radius 1 is 1.18 bits per heavy atom. The normalized spacial score (nSPS) is 14.7. The molecule has 5 nitrogen and oxygen atoms in total. The van der Waals surface area contributed by atoms with Gasteiger partial charge in [0.25, 0.3) is 0 Å². The maximum atomic E-state index is 14.3. The van der Waals surface area contributed by atoms with E-state index in [1.54, 1.807) is 31.2 Å². The first-order chi connectivity index (χ1) is 15.5. The van der Waals surface area contributed by atoms with Crippen LogP contribution < -0.4 is 10.1 Å². The molecule has 2 atom stereocenters. The number of benzene rings is 2. The van der Waals surface area contributed by atoms with Gasteiger partial charge in [-0.3, -0.25) is 4.98 Å². The van der Waals surface area contributed by atoms with Crippen LogP contribution in [-0.2, 0) is 4.74 Å². The number of ether oxygens (including phenoxy) is 2. The minimum Gasteiger partial charge on any atom is -0.495 e. The minimum atomic E-state index is -5.16. The minimum absolute atomic E-state index is 0.0797. The lowest BCUT2D eigenvalue weighted by atomic mass is 9.87. The van der Waals surface area contributed by atoms with Crippen LogP contribution in [0.25, 0.3) is 10.9 Å². The van der Waals surface area contributed by atoms with Crippen molar-refractivity contribution in [2.24, 2.45) is 0 Å². The molecule has 33 heavy (non-hydrogen) atoms. The van der Waals surface area contributed by atoms with Crippen molar-refractivity contribution in [3.05, 3.63) is 64.6 Å². The van der Waals surface area contributed by atoms with Gasteiger partial charge in [-0.2, -0.15) is 13.2 Å². The zero-order valence-electron chi connectivity index (χ0n) is 18.1. The monoisotopic (exact) mass is 486 g/mol. The van der Waals surface area contributed by atoms with Crippen LogP contribution in [0.2, 0.25) is 5.02 Å². The quantitative estimate of drug-likeness (QED) is 0.392. The summed E-state index contributed by atoms with van der Waals surface area (Å²) >= 11 is 6.07. The molecule has 0 saturated heterocycles. The summed E-state index contributed by atoms with van der Waals surface area (Å²) in [6, 6.07) is 8.08. The largest absolute Gasteiger partial charge is 0.495 e. The lowest BCUT2D eigenvalue weighted by Gasteiger charge is -2.39. The van der Waals surface area contributed by atoms with Crippen LogP contribution >= 0.6 is 11.6 Å². The molecule has 1 aromatic heterocycles. The lowest BCUT2D eigenvalue weighted by Crippen LogP contribution is -2.56. The SMILES string of the molecule is CCOCC(O)(C(Nc1cccc2nc(C)ccc12)c1cc(F)cc(Cl)c1OC)C(F)(F)F. The third-order valence-electron chi connectivity index (χ3n) is 5.22. The molecule has 0 saturated carbocycles. The number of methoxy groups -OCH3 is 1. The van der Waals surface area contributed by atoms with Crippen molar-refractivity contribution in [3.8, 4) is 5.75 Å². The molecule has 178 valence electrons. The van der Waals surface area contributed by atoms with Crippen molar-refractivity contribution in [2.75, 3.05) is 25.6 Å². The van der Waals surface area contributed by atoms with Crippen molar-refractivity contribution in [1.82, 2.24) is 4.98 Å². The number of rotatable bonds is 8. The summed E-state index contributed by atoms with van der Waals surface area (Å²) in [5.41, 5.74) is -2.29. The third kappa shape index (κ3) is 5.00. The molecule has 0 amide bonds. The van der Waals surface area contributed by atoms with Crippen LogP contribution in [0.5, 0.6) is 5.75 Å². The first-order valence-corrected chi connectivity index (χ1v) is 10.4. The van der Waals surface area contributed by atoms with E-state index in [0.29, 0.717) is 10.9 Å². The summed E-state index contributed by atoms with van der Waals surface area (Å²) in [6.45, 7) is 2.09. The zero-order chi connectivity index (χ0) is 24.4. The Morgan fingerprint density at radius 2 is 1.91 bits per heavy atom. The third-order valence-corrected chi connectivity index (χ3v) is 5.50. The summed E-state index contributed by atoms with van der Waals surface area (Å²) in [4.78, 5) is 4.38. The molecule has 0 aliphatic heterocycles. The van der Waals surface area contributed by atoms with Crippen LogP contribution in [0.3, 0.4) is 0 Å². The van der Waals surface area contributed by atoms with Crippen molar-refractivity contribution in [3.63, 3.8) is 0 Å². The molecule has 0 aliphatic carbocycles. The van der Waals surface area contributed by atoms with Crippen molar-refractivity contribution in [2.45, 2.75) is 31.7 Å². The summed E-state index contributed by atoms with van der Waals surface area (Å²) in [5.74, 6) is -1.09. The highest BCUT2D eigenvalue weighted by Gasteiger charge is 2.60. The van der Waals surface area contributed by atoms with Gasteiger partial charge in [-0.25, -0.2) is 4.39 Å². The van der Waals surface area contributed by atoms with Crippen molar-refractivity contribution < 1.29 is 32.1 Å². The second kappa shape index (κ2) is 9.70. The van der Waals surface area contributed by atoms with Gasteiger partial charge >= 0.3 is 6.18 Å². The molecule has 3 aromatic rings. The van der Waals surface area contributed by atoms with Crippen LogP contribution in [0.4, 0.5) is 23.2 Å². The Hall–Kier alpha value is -2.62. The summed E-state index contributed by atoms with van der Waals surface area (Å²) in [5, 5.41) is 14.0. The smallest absolute Gasteiger partial charge is 0.421 e. The molecular weight excluding hydrogens is 464 g/mol. The van der Waals surface area contributed by atoms with Crippen LogP contribution in [0.1, 0.15) is 24.2 Å². The van der Waals surface area contributed by atoms with Gasteiger partial charge in [-0.05, 0) is 50.2 Å². The molecule has 10 heteroatoms. The fourth-order valence-electron chi connectivity index (χ4n) is 3.59. The molecule has 3 rings (SSSR count). The average Bonchev–Trinajstić information content (AvgIpc) is 2.74. The number of fused-ring (bicyclic) bond motifs is 1. The van der Waals surface area contributed by atoms with Gasteiger partial charge in [0.1, 0.15) is 11.6 Å². The lowest BCUT2D eigenvalue weighted by molar-refractivity contribution is -0.281. The number of anilines is 1. The van der Waals surface area contributed by atoms with E-state index in [2.05, 4.69) is 10.3 Å². The summed E-state index contributed by atoms with van der Waals surface area (Å²) < 4.78 is 67.5. The van der Waals surface area contributed by atoms with E-state index < -0.39 is 30.2 Å². The number of hydrogen-bond acceptors (Lipinski definition) is 5. The zero-order valence-corrected chi connectivity index (χ0v) is 18.9. The van der Waals surface area contributed by atoms with Gasteiger partial charge in [0, 0.05) is 28.9 Å². The number of alkyl halides is 3. The number of aromatic nitrogens is 1. The molecule has 1 heterocycles. The van der Waals surface area contributed by atoms with E-state index in [1.807, 2.05) is 0 Å². The molecule has 0 bridgehead atoms. The number of pyridine rings is 1. The second-order valence-corrected chi connectivity index (χ2v) is 7.88. The Balaban J connectivity index is 2.27. The Morgan fingerprint density at radius 3 is 2.55 bits per heavy atom. The van der Waals surface area contributed by atoms with E-state index in [4.69, 9.17) is 21.1 Å². The Bertz CT molecular complexity index is 1140. The molecule has 2 aromatic carbocycles. The Kier molecular flexibility index (Phi) is 7.36. The Labute approximate surface area is 193 Å². The molecule has 2 N–H and O–H groups in total. The maximum Gasteiger partial charge on any atom is 0.421 e. The fraction of sp³-hybridized carbons (Fsp3) is 0.348. The van der Waals surface area contributed by atoms with Crippen molar-refractivity contribution >= 4 is 28.2 Å². The van der Waals surface area contributed by atoms with Crippen LogP contribution in [0, 0.1) is 12.7 Å². The maximum absolute atomic E-state index is 14.3. The molecule has 0 radical (unpaired) electrons. The molecular formula is C23H23ClF4N2O3. The van der Waals surface area contributed by atoms with Crippen LogP contribution in [0.15, 0.2) is 42.5 Å². The highest BCUT2D eigenvalue weighted by Crippen LogP contribution is 2.47. The molecule has 2 unspecified atom stereocenters. The topological polar surface area (TPSA) is 63.6 Å². The van der Waals surface area contributed by atoms with Gasteiger partial charge in [0.2, 0.25) is 5.60 Å². The van der Waals surface area contributed by atoms with Gasteiger partial charge < -0.3 is 19.9 Å². The summed E-state index contributed by atoms with van der Waals surface area (Å²) in [7, 11) is 1.19. The van der Waals surface area contributed by atoms with Crippen molar-refractivity contribution in [1.29, 1.82) is 0 Å². The number of hydrogen-bond donors (Lipinski definition) is 2. The second-order valence-electron chi connectivity index (χ2n) is 7.47. The van der Waals surface area contributed by atoms with Gasteiger partial charge in [0.05, 0.1) is 30.3 Å².